The van der Waals surface area contributed by atoms with Crippen LogP contribution in [-0.4, -0.2) is 50.8 Å². The number of primary amides is 1. The molecule has 7 nitrogen and oxygen atoms in total. The van der Waals surface area contributed by atoms with E-state index in [9.17, 15) is 22.8 Å². The van der Waals surface area contributed by atoms with Gasteiger partial charge in [-0.2, -0.15) is 13.2 Å². The number of nitrogens with two attached hydrogens (primary N) is 1. The molecule has 42 heavy (non-hydrogen) atoms. The van der Waals surface area contributed by atoms with E-state index >= 15 is 0 Å². The number of hydrogen-bond acceptors (Lipinski definition) is 4. The van der Waals surface area contributed by atoms with E-state index in [1.165, 1.54) is 16.5 Å². The normalized spacial score (nSPS) is 19.2. The zero-order valence-electron chi connectivity index (χ0n) is 24.0. The molecule has 1 unspecified atom stereocenters. The Morgan fingerprint density at radius 2 is 1.76 bits per heavy atom. The molecule has 2 N–H and O–H groups in total. The molecule has 0 saturated carbocycles. The van der Waals surface area contributed by atoms with Gasteiger partial charge >= 0.3 is 6.18 Å². The molecular weight excluding hydrogens is 543 g/mol. The molecule has 0 radical (unpaired) electrons. The number of aryl methyl sites for hydroxylation is 1. The largest absolute Gasteiger partial charge is 0.416 e. The van der Waals surface area contributed by atoms with Crippen molar-refractivity contribution in [2.45, 2.75) is 76.7 Å². The van der Waals surface area contributed by atoms with E-state index in [0.717, 1.165) is 57.2 Å². The van der Waals surface area contributed by atoms with Gasteiger partial charge in [-0.3, -0.25) is 9.59 Å². The maximum Gasteiger partial charge on any atom is 0.416 e. The Morgan fingerprint density at radius 3 is 2.38 bits per heavy atom. The molecule has 3 aliphatic heterocycles. The van der Waals surface area contributed by atoms with E-state index in [1.807, 2.05) is 28.8 Å². The van der Waals surface area contributed by atoms with Crippen LogP contribution in [0.3, 0.4) is 0 Å². The molecule has 0 spiro atoms. The highest BCUT2D eigenvalue weighted by Gasteiger charge is 2.53. The fraction of sp³-hybridized carbons (Fsp3) is 0.469. The molecular formula is C32H36F3N5O2. The second-order valence-corrected chi connectivity index (χ2v) is 11.7. The van der Waals surface area contributed by atoms with Crippen molar-refractivity contribution in [2.24, 2.45) is 5.73 Å². The van der Waals surface area contributed by atoms with E-state index in [2.05, 4.69) is 16.8 Å². The van der Waals surface area contributed by atoms with Crippen molar-refractivity contribution in [3.8, 4) is 11.1 Å². The average molecular weight is 580 g/mol. The third-order valence-corrected chi connectivity index (χ3v) is 9.63. The molecule has 1 aromatic heterocycles. The number of amides is 2. The number of halogens is 3. The number of carbonyl (C=O) groups excluding carboxylic acids is 2. The summed E-state index contributed by atoms with van der Waals surface area (Å²) in [5.41, 5.74) is 6.53. The van der Waals surface area contributed by atoms with Crippen LogP contribution in [0.4, 0.5) is 13.2 Å². The minimum atomic E-state index is -4.69. The predicted octanol–water partition coefficient (Wildman–Crippen LogP) is 5.46. The van der Waals surface area contributed by atoms with Gasteiger partial charge in [0.2, 0.25) is 5.91 Å². The van der Waals surface area contributed by atoms with Gasteiger partial charge in [-0.05, 0) is 92.0 Å². The number of aromatic nitrogens is 2. The second kappa shape index (κ2) is 10.6. The third kappa shape index (κ3) is 4.51. The number of fused-ring (bicyclic) bond motifs is 2. The van der Waals surface area contributed by atoms with Gasteiger partial charge in [0, 0.05) is 24.3 Å². The highest BCUT2D eigenvalue weighted by molar-refractivity contribution is 6.04. The minimum Gasteiger partial charge on any atom is -0.367 e. The molecule has 1 fully saturated rings. The lowest BCUT2D eigenvalue weighted by molar-refractivity contribution is -0.138. The number of likely N-dealkylation sites (tertiary alicyclic amines) is 1. The summed E-state index contributed by atoms with van der Waals surface area (Å²) in [6, 6.07) is 10.3. The lowest BCUT2D eigenvalue weighted by Gasteiger charge is -2.38. The summed E-state index contributed by atoms with van der Waals surface area (Å²) in [7, 11) is 0. The van der Waals surface area contributed by atoms with Gasteiger partial charge in [-0.15, -0.1) is 0 Å². The van der Waals surface area contributed by atoms with Crippen LogP contribution >= 0.6 is 0 Å². The molecule has 3 aliphatic rings. The molecule has 6 rings (SSSR count). The van der Waals surface area contributed by atoms with E-state index in [1.54, 1.807) is 13.3 Å². The minimum absolute atomic E-state index is 0.0502. The number of piperidine rings is 1. The van der Waals surface area contributed by atoms with Crippen molar-refractivity contribution in [3.05, 3.63) is 76.4 Å². The van der Waals surface area contributed by atoms with Crippen LogP contribution in [0, 0.1) is 0 Å². The van der Waals surface area contributed by atoms with Crippen molar-refractivity contribution in [1.29, 1.82) is 0 Å². The smallest absolute Gasteiger partial charge is 0.367 e. The Labute approximate surface area is 243 Å². The first-order valence-electron chi connectivity index (χ1n) is 14.8. The molecule has 0 aliphatic carbocycles. The summed E-state index contributed by atoms with van der Waals surface area (Å²) in [4.78, 5) is 35.3. The molecule has 3 aromatic rings. The SMILES string of the molecule is CCN1CCC(c2ccc(-c3cc4c(c(C(F)(F)F)c3)CN(C(CC)(C(N)=O)c3ncn5c3CCC5)C4=O)cc2)CC1. The van der Waals surface area contributed by atoms with Crippen LogP contribution in [0.15, 0.2) is 42.7 Å². The van der Waals surface area contributed by atoms with Crippen LogP contribution < -0.4 is 5.73 Å². The Balaban J connectivity index is 1.38. The molecule has 2 amide bonds. The Hall–Kier alpha value is -3.66. The summed E-state index contributed by atoms with van der Waals surface area (Å²) in [5, 5.41) is 0. The van der Waals surface area contributed by atoms with Gasteiger partial charge in [0.1, 0.15) is 0 Å². The Morgan fingerprint density at radius 1 is 1.05 bits per heavy atom. The van der Waals surface area contributed by atoms with Crippen molar-refractivity contribution in [2.75, 3.05) is 19.6 Å². The zero-order chi connectivity index (χ0) is 29.8. The zero-order valence-corrected chi connectivity index (χ0v) is 24.0. The van der Waals surface area contributed by atoms with E-state index < -0.39 is 29.1 Å². The molecule has 0 bridgehead atoms. The lowest BCUT2D eigenvalue weighted by Crippen LogP contribution is -2.55. The van der Waals surface area contributed by atoms with Crippen LogP contribution in [0.5, 0.6) is 0 Å². The highest BCUT2D eigenvalue weighted by atomic mass is 19.4. The lowest BCUT2D eigenvalue weighted by atomic mass is 9.87. The first kappa shape index (κ1) is 28.5. The number of alkyl halides is 3. The van der Waals surface area contributed by atoms with Gasteiger partial charge in [0.25, 0.3) is 5.91 Å². The molecule has 4 heterocycles. The van der Waals surface area contributed by atoms with Crippen LogP contribution in [-0.2, 0) is 36.0 Å². The van der Waals surface area contributed by atoms with Gasteiger partial charge in [0.05, 0.1) is 17.6 Å². The number of rotatable bonds is 7. The molecule has 1 saturated heterocycles. The van der Waals surface area contributed by atoms with Crippen LogP contribution in [0.25, 0.3) is 11.1 Å². The van der Waals surface area contributed by atoms with Crippen molar-refractivity contribution in [1.82, 2.24) is 19.4 Å². The van der Waals surface area contributed by atoms with Gasteiger partial charge in [0.15, 0.2) is 5.54 Å². The first-order valence-corrected chi connectivity index (χ1v) is 14.8. The van der Waals surface area contributed by atoms with E-state index in [-0.39, 0.29) is 24.1 Å². The van der Waals surface area contributed by atoms with Gasteiger partial charge in [-0.1, -0.05) is 38.1 Å². The summed E-state index contributed by atoms with van der Waals surface area (Å²) in [6.45, 7) is 7.33. The molecule has 10 heteroatoms. The standard InChI is InChI=1S/C32H36F3N5O2/c1-3-31(30(36)42,28-27-6-5-13-39(27)19-37-28)40-18-25-24(29(40)41)16-23(17-26(25)32(33,34)35)21-9-7-20(8-10-21)22-11-14-38(4-2)15-12-22/h7-10,16-17,19,22H,3-6,11-15,18H2,1-2H3,(H2,36,42). The van der Waals surface area contributed by atoms with Crippen molar-refractivity contribution >= 4 is 11.8 Å². The fourth-order valence-electron chi connectivity index (χ4n) is 7.20. The third-order valence-electron chi connectivity index (χ3n) is 9.63. The van der Waals surface area contributed by atoms with E-state index in [0.29, 0.717) is 29.2 Å². The number of hydrogen-bond donors (Lipinski definition) is 1. The first-order chi connectivity index (χ1) is 20.1. The highest BCUT2D eigenvalue weighted by Crippen LogP contribution is 2.45. The molecule has 2 aromatic carbocycles. The number of nitrogens with zero attached hydrogens (tertiary/aromatic N) is 4. The predicted molar refractivity (Wildman–Crippen MR) is 153 cm³/mol. The maximum atomic E-state index is 14.5. The Kier molecular flexibility index (Phi) is 7.15. The monoisotopic (exact) mass is 579 g/mol. The number of imidazole rings is 1. The summed E-state index contributed by atoms with van der Waals surface area (Å²) >= 11 is 0. The molecule has 222 valence electrons. The van der Waals surface area contributed by atoms with Crippen molar-refractivity contribution < 1.29 is 22.8 Å². The van der Waals surface area contributed by atoms with Crippen LogP contribution in [0.2, 0.25) is 0 Å². The average Bonchev–Trinajstić information content (AvgIpc) is 3.69. The van der Waals surface area contributed by atoms with E-state index in [4.69, 9.17) is 5.73 Å². The van der Waals surface area contributed by atoms with Crippen LogP contribution in [0.1, 0.15) is 83.9 Å². The fourth-order valence-corrected chi connectivity index (χ4v) is 7.20. The topological polar surface area (TPSA) is 84.5 Å². The van der Waals surface area contributed by atoms with Crippen molar-refractivity contribution in [3.63, 3.8) is 0 Å². The summed E-state index contributed by atoms with van der Waals surface area (Å²) in [6.07, 6.45) is 0.635. The maximum absolute atomic E-state index is 14.5. The second-order valence-electron chi connectivity index (χ2n) is 11.7. The Bertz CT molecular complexity index is 1520. The summed E-state index contributed by atoms with van der Waals surface area (Å²) in [5.74, 6) is -1.02. The van der Waals surface area contributed by atoms with Gasteiger partial charge < -0.3 is 20.1 Å². The number of benzene rings is 2. The quantitative estimate of drug-likeness (QED) is 0.403. The molecule has 1 atom stereocenters. The summed E-state index contributed by atoms with van der Waals surface area (Å²) < 4.78 is 45.5. The number of carbonyl (C=O) groups is 2. The van der Waals surface area contributed by atoms with Gasteiger partial charge in [-0.25, -0.2) is 4.98 Å².